The molecular weight excluding hydrogens is 372 g/mol. The number of rotatable bonds is 7. The van der Waals surface area contributed by atoms with Crippen LogP contribution >= 0.6 is 0 Å². The number of morpholine rings is 1. The minimum Gasteiger partial charge on any atom is -0.452 e. The molecule has 1 atom stereocenters. The third kappa shape index (κ3) is 5.06. The van der Waals surface area contributed by atoms with Crippen molar-refractivity contribution >= 4 is 21.9 Å². The maximum Gasteiger partial charge on any atom is 0.338 e. The largest absolute Gasteiger partial charge is 0.452 e. The van der Waals surface area contributed by atoms with Crippen molar-refractivity contribution in [2.75, 3.05) is 32.9 Å². The number of esters is 1. The number of nitrogens with one attached hydrogen (secondary N) is 1. The molecule has 3 rings (SSSR count). The third-order valence-electron chi connectivity index (χ3n) is 4.75. The lowest BCUT2D eigenvalue weighted by Gasteiger charge is -2.26. The number of amides is 1. The fourth-order valence-electron chi connectivity index (χ4n) is 2.92. The molecule has 0 radical (unpaired) electrons. The number of sulfonamides is 1. The first-order valence-electron chi connectivity index (χ1n) is 9.02. The van der Waals surface area contributed by atoms with Crippen molar-refractivity contribution in [3.8, 4) is 0 Å². The number of carbonyl (C=O) groups is 2. The zero-order chi connectivity index (χ0) is 19.4. The second-order valence-electron chi connectivity index (χ2n) is 6.81. The van der Waals surface area contributed by atoms with E-state index >= 15 is 0 Å². The number of ether oxygens (including phenoxy) is 2. The van der Waals surface area contributed by atoms with Crippen LogP contribution in [0.3, 0.4) is 0 Å². The van der Waals surface area contributed by atoms with Crippen LogP contribution in [-0.2, 0) is 24.3 Å². The van der Waals surface area contributed by atoms with Gasteiger partial charge in [-0.3, -0.25) is 4.79 Å². The summed E-state index contributed by atoms with van der Waals surface area (Å²) in [4.78, 5) is 24.0. The van der Waals surface area contributed by atoms with E-state index in [9.17, 15) is 18.0 Å². The van der Waals surface area contributed by atoms with Crippen molar-refractivity contribution in [3.63, 3.8) is 0 Å². The Morgan fingerprint density at radius 3 is 2.44 bits per heavy atom. The molecule has 1 saturated carbocycles. The van der Waals surface area contributed by atoms with Gasteiger partial charge in [0.25, 0.3) is 5.91 Å². The van der Waals surface area contributed by atoms with Gasteiger partial charge in [-0.15, -0.1) is 0 Å². The lowest BCUT2D eigenvalue weighted by atomic mass is 10.2. The summed E-state index contributed by atoms with van der Waals surface area (Å²) in [5.41, 5.74) is 0.193. The van der Waals surface area contributed by atoms with E-state index in [1.54, 1.807) is 0 Å². The monoisotopic (exact) mass is 396 g/mol. The van der Waals surface area contributed by atoms with E-state index in [0.29, 0.717) is 32.2 Å². The molecule has 27 heavy (non-hydrogen) atoms. The first kappa shape index (κ1) is 19.8. The number of carbonyl (C=O) groups excluding carboxylic acids is 2. The number of nitrogens with zero attached hydrogens (tertiary/aromatic N) is 1. The predicted molar refractivity (Wildman–Crippen MR) is 96.6 cm³/mol. The zero-order valence-corrected chi connectivity index (χ0v) is 16.0. The van der Waals surface area contributed by atoms with Gasteiger partial charge in [-0.25, -0.2) is 13.2 Å². The quantitative estimate of drug-likeness (QED) is 0.684. The van der Waals surface area contributed by atoms with Gasteiger partial charge in [0.15, 0.2) is 6.61 Å². The fourth-order valence-corrected chi connectivity index (χ4v) is 4.33. The SMILES string of the molecule is C[C@@H](NC(=O)COC(=O)c1ccc(S(=O)(=O)N2CCOCC2)cc1)C1CC1. The summed E-state index contributed by atoms with van der Waals surface area (Å²) in [6.45, 7) is 2.92. The summed E-state index contributed by atoms with van der Waals surface area (Å²) < 4.78 is 36.6. The smallest absolute Gasteiger partial charge is 0.338 e. The van der Waals surface area contributed by atoms with Crippen LogP contribution in [0.25, 0.3) is 0 Å². The lowest BCUT2D eigenvalue weighted by Crippen LogP contribution is -2.40. The molecule has 1 saturated heterocycles. The van der Waals surface area contributed by atoms with Crippen LogP contribution in [0, 0.1) is 5.92 Å². The Hall–Kier alpha value is -1.97. The van der Waals surface area contributed by atoms with E-state index < -0.39 is 16.0 Å². The van der Waals surface area contributed by atoms with Crippen LogP contribution in [-0.4, -0.2) is 63.6 Å². The molecular formula is C18H24N2O6S. The molecule has 1 amide bonds. The molecule has 0 spiro atoms. The van der Waals surface area contributed by atoms with Gasteiger partial charge in [-0.2, -0.15) is 4.31 Å². The fraction of sp³-hybridized carbons (Fsp3) is 0.556. The van der Waals surface area contributed by atoms with Crippen molar-refractivity contribution in [2.45, 2.75) is 30.7 Å². The first-order valence-corrected chi connectivity index (χ1v) is 10.5. The van der Waals surface area contributed by atoms with Gasteiger partial charge in [0.05, 0.1) is 23.7 Å². The summed E-state index contributed by atoms with van der Waals surface area (Å²) in [6.07, 6.45) is 2.22. The molecule has 1 aromatic rings. The molecule has 1 aromatic carbocycles. The van der Waals surface area contributed by atoms with E-state index in [-0.39, 0.29) is 29.0 Å². The predicted octanol–water partition coefficient (Wildman–Crippen LogP) is 0.779. The summed E-state index contributed by atoms with van der Waals surface area (Å²) in [5.74, 6) is -0.487. The molecule has 1 aliphatic heterocycles. The number of hydrogen-bond acceptors (Lipinski definition) is 6. The second kappa shape index (κ2) is 8.37. The highest BCUT2D eigenvalue weighted by atomic mass is 32.2. The van der Waals surface area contributed by atoms with E-state index in [2.05, 4.69) is 5.32 Å². The molecule has 0 aromatic heterocycles. The highest BCUT2D eigenvalue weighted by molar-refractivity contribution is 7.89. The van der Waals surface area contributed by atoms with Gasteiger partial charge < -0.3 is 14.8 Å². The molecule has 0 bridgehead atoms. The van der Waals surface area contributed by atoms with Crippen LogP contribution in [0.2, 0.25) is 0 Å². The first-order chi connectivity index (χ1) is 12.9. The normalized spacial score (nSPS) is 19.3. The molecule has 1 aliphatic carbocycles. The Labute approximate surface area is 158 Å². The summed E-state index contributed by atoms with van der Waals surface area (Å²) in [7, 11) is -3.61. The van der Waals surface area contributed by atoms with Crippen molar-refractivity contribution in [1.82, 2.24) is 9.62 Å². The molecule has 8 nitrogen and oxygen atoms in total. The summed E-state index contributed by atoms with van der Waals surface area (Å²) in [6, 6.07) is 5.61. The minimum atomic E-state index is -3.61. The van der Waals surface area contributed by atoms with Gasteiger partial charge >= 0.3 is 5.97 Å². The molecule has 0 unspecified atom stereocenters. The molecule has 2 aliphatic rings. The van der Waals surface area contributed by atoms with E-state index in [1.165, 1.54) is 28.6 Å². The van der Waals surface area contributed by atoms with Crippen LogP contribution in [0.1, 0.15) is 30.1 Å². The minimum absolute atomic E-state index is 0.0841. The second-order valence-corrected chi connectivity index (χ2v) is 8.75. The Morgan fingerprint density at radius 2 is 1.85 bits per heavy atom. The maximum atomic E-state index is 12.5. The Morgan fingerprint density at radius 1 is 1.22 bits per heavy atom. The summed E-state index contributed by atoms with van der Waals surface area (Å²) >= 11 is 0. The number of benzene rings is 1. The molecule has 1 N–H and O–H groups in total. The van der Waals surface area contributed by atoms with E-state index in [4.69, 9.17) is 9.47 Å². The van der Waals surface area contributed by atoms with Crippen molar-refractivity contribution in [3.05, 3.63) is 29.8 Å². The number of hydrogen-bond donors (Lipinski definition) is 1. The maximum absolute atomic E-state index is 12.5. The van der Waals surface area contributed by atoms with Gasteiger partial charge in [-0.1, -0.05) is 0 Å². The Bertz CT molecular complexity index is 783. The van der Waals surface area contributed by atoms with Gasteiger partial charge in [-0.05, 0) is 49.9 Å². The van der Waals surface area contributed by atoms with Gasteiger partial charge in [0.2, 0.25) is 10.0 Å². The highest BCUT2D eigenvalue weighted by Crippen LogP contribution is 2.32. The average Bonchev–Trinajstić information content (AvgIpc) is 3.52. The molecule has 148 valence electrons. The average molecular weight is 396 g/mol. The van der Waals surface area contributed by atoms with E-state index in [0.717, 1.165) is 12.8 Å². The molecule has 9 heteroatoms. The third-order valence-corrected chi connectivity index (χ3v) is 6.66. The lowest BCUT2D eigenvalue weighted by molar-refractivity contribution is -0.124. The van der Waals surface area contributed by atoms with Crippen molar-refractivity contribution in [2.24, 2.45) is 5.92 Å². The topological polar surface area (TPSA) is 102 Å². The zero-order valence-electron chi connectivity index (χ0n) is 15.2. The van der Waals surface area contributed by atoms with Crippen molar-refractivity contribution in [1.29, 1.82) is 0 Å². The van der Waals surface area contributed by atoms with Crippen LogP contribution < -0.4 is 5.32 Å². The summed E-state index contributed by atoms with van der Waals surface area (Å²) in [5, 5.41) is 2.80. The van der Waals surface area contributed by atoms with Crippen LogP contribution in [0.15, 0.2) is 29.2 Å². The highest BCUT2D eigenvalue weighted by Gasteiger charge is 2.29. The van der Waals surface area contributed by atoms with Crippen LogP contribution in [0.4, 0.5) is 0 Å². The van der Waals surface area contributed by atoms with Gasteiger partial charge in [0.1, 0.15) is 0 Å². The Kier molecular flexibility index (Phi) is 6.13. The van der Waals surface area contributed by atoms with Crippen LogP contribution in [0.5, 0.6) is 0 Å². The standard InChI is InChI=1S/C18H24N2O6S/c1-13(14-2-3-14)19-17(21)12-26-18(22)15-4-6-16(7-5-15)27(23,24)20-8-10-25-11-9-20/h4-7,13-14H,2-3,8-12H2,1H3,(H,19,21)/t13-/m1/s1. The van der Waals surface area contributed by atoms with Gasteiger partial charge in [0, 0.05) is 19.1 Å². The van der Waals surface area contributed by atoms with E-state index in [1.807, 2.05) is 6.92 Å². The van der Waals surface area contributed by atoms with Crippen molar-refractivity contribution < 1.29 is 27.5 Å². The molecule has 1 heterocycles. The Balaban J connectivity index is 1.54. The molecule has 2 fully saturated rings.